The lowest BCUT2D eigenvalue weighted by Crippen LogP contribution is -2.24. The highest BCUT2D eigenvalue weighted by Gasteiger charge is 2.29. The summed E-state index contributed by atoms with van der Waals surface area (Å²) in [6.07, 6.45) is 0. The molecule has 0 N–H and O–H groups in total. The maximum Gasteiger partial charge on any atom is 0.342 e. The average Bonchev–Trinajstić information content (AvgIpc) is 1.80. The third-order valence-corrected chi connectivity index (χ3v) is 1.26. The number of ether oxygens (including phenoxy) is 1. The van der Waals surface area contributed by atoms with Gasteiger partial charge in [0.05, 0.1) is 0 Å². The van der Waals surface area contributed by atoms with Crippen molar-refractivity contribution in [2.24, 2.45) is 0 Å². The van der Waals surface area contributed by atoms with Crippen LogP contribution in [0.1, 0.15) is 6.92 Å². The van der Waals surface area contributed by atoms with Crippen LogP contribution in [0, 0.1) is 0 Å². The zero-order valence-electron chi connectivity index (χ0n) is 5.86. The topological polar surface area (TPSA) is 26.3 Å². The summed E-state index contributed by atoms with van der Waals surface area (Å²) in [6.45, 7) is 4.88. The van der Waals surface area contributed by atoms with Crippen LogP contribution in [0.4, 0.5) is 0 Å². The molecule has 0 heterocycles. The van der Waals surface area contributed by atoms with E-state index < -0.39 is 10.3 Å². The molecule has 0 radical (unpaired) electrons. The van der Waals surface area contributed by atoms with Crippen LogP contribution in [-0.4, -0.2) is 16.9 Å². The summed E-state index contributed by atoms with van der Waals surface area (Å²) in [5, 5.41) is 0. The summed E-state index contributed by atoms with van der Waals surface area (Å²) in [7, 11) is 0. The molecule has 0 saturated carbocycles. The van der Waals surface area contributed by atoms with E-state index in [9.17, 15) is 4.79 Å². The van der Waals surface area contributed by atoms with Gasteiger partial charge in [0.1, 0.15) is 6.61 Å². The number of alkyl halides is 2. The van der Waals surface area contributed by atoms with E-state index >= 15 is 0 Å². The number of carbonyl (C=O) groups is 1. The zero-order valence-corrected chi connectivity index (χ0v) is 8.96. The summed E-state index contributed by atoms with van der Waals surface area (Å²) in [5.74, 6) is -0.679. The Balaban J connectivity index is 3.80. The SMILES string of the molecule is C=C(Br)COC(=O)C(C)(Cl)Cl. The van der Waals surface area contributed by atoms with Crippen molar-refractivity contribution in [1.29, 1.82) is 0 Å². The van der Waals surface area contributed by atoms with Crippen molar-refractivity contribution in [2.45, 2.75) is 11.3 Å². The smallest absolute Gasteiger partial charge is 0.342 e. The molecule has 2 nitrogen and oxygen atoms in total. The van der Waals surface area contributed by atoms with Crippen molar-refractivity contribution in [3.05, 3.63) is 11.1 Å². The van der Waals surface area contributed by atoms with E-state index in [1.165, 1.54) is 6.92 Å². The van der Waals surface area contributed by atoms with E-state index in [4.69, 9.17) is 23.2 Å². The summed E-state index contributed by atoms with van der Waals surface area (Å²) in [5.41, 5.74) is 0. The highest BCUT2D eigenvalue weighted by atomic mass is 79.9. The van der Waals surface area contributed by atoms with Gasteiger partial charge in [-0.1, -0.05) is 45.7 Å². The molecule has 0 amide bonds. The van der Waals surface area contributed by atoms with Gasteiger partial charge in [0.15, 0.2) is 0 Å². The molecule has 0 rings (SSSR count). The number of esters is 1. The van der Waals surface area contributed by atoms with E-state index in [2.05, 4.69) is 27.2 Å². The number of hydrogen-bond donors (Lipinski definition) is 0. The molecule has 0 unspecified atom stereocenters. The van der Waals surface area contributed by atoms with Crippen molar-refractivity contribution in [2.75, 3.05) is 6.61 Å². The van der Waals surface area contributed by atoms with Gasteiger partial charge in [0.2, 0.25) is 4.33 Å². The van der Waals surface area contributed by atoms with Gasteiger partial charge in [-0.05, 0) is 6.92 Å². The maximum absolute atomic E-state index is 10.8. The normalized spacial score (nSPS) is 10.9. The number of hydrogen-bond acceptors (Lipinski definition) is 2. The largest absolute Gasteiger partial charge is 0.458 e. The van der Waals surface area contributed by atoms with Crippen molar-refractivity contribution >= 4 is 45.1 Å². The molecule has 0 saturated heterocycles. The Morgan fingerprint density at radius 1 is 1.73 bits per heavy atom. The highest BCUT2D eigenvalue weighted by Crippen LogP contribution is 2.21. The second-order valence-corrected chi connectivity index (χ2v) is 4.81. The summed E-state index contributed by atoms with van der Waals surface area (Å²) >= 11 is 13.8. The fraction of sp³-hybridized carbons (Fsp3) is 0.500. The third kappa shape index (κ3) is 5.53. The van der Waals surface area contributed by atoms with Gasteiger partial charge in [0.25, 0.3) is 0 Å². The number of halogens is 3. The lowest BCUT2D eigenvalue weighted by atomic mass is 10.5. The van der Waals surface area contributed by atoms with E-state index in [1.54, 1.807) is 0 Å². The van der Waals surface area contributed by atoms with Crippen molar-refractivity contribution in [3.63, 3.8) is 0 Å². The van der Waals surface area contributed by atoms with Gasteiger partial charge in [-0.15, -0.1) is 0 Å². The Morgan fingerprint density at radius 3 is 2.45 bits per heavy atom. The van der Waals surface area contributed by atoms with Crippen LogP contribution >= 0.6 is 39.1 Å². The van der Waals surface area contributed by atoms with Crippen molar-refractivity contribution in [1.82, 2.24) is 0 Å². The van der Waals surface area contributed by atoms with Crippen molar-refractivity contribution < 1.29 is 9.53 Å². The second kappa shape index (κ2) is 4.33. The van der Waals surface area contributed by atoms with Gasteiger partial charge >= 0.3 is 5.97 Å². The fourth-order valence-corrected chi connectivity index (χ4v) is 0.494. The molecular weight excluding hydrogens is 255 g/mol. The lowest BCUT2D eigenvalue weighted by Gasteiger charge is -2.11. The van der Waals surface area contributed by atoms with Crippen LogP contribution in [0.25, 0.3) is 0 Å². The minimum absolute atomic E-state index is 0.0772. The molecule has 0 aromatic carbocycles. The molecule has 0 aromatic heterocycles. The highest BCUT2D eigenvalue weighted by molar-refractivity contribution is 9.11. The molecule has 0 aliphatic heterocycles. The molecular formula is C6H7BrCl2O2. The summed E-state index contributed by atoms with van der Waals surface area (Å²) in [6, 6.07) is 0. The van der Waals surface area contributed by atoms with Crippen LogP contribution in [0.2, 0.25) is 0 Å². The molecule has 5 heteroatoms. The monoisotopic (exact) mass is 260 g/mol. The fourth-order valence-electron chi connectivity index (χ4n) is 0.271. The van der Waals surface area contributed by atoms with Crippen LogP contribution in [0.3, 0.4) is 0 Å². The zero-order chi connectivity index (χ0) is 9.07. The van der Waals surface area contributed by atoms with Gasteiger partial charge < -0.3 is 4.74 Å². The van der Waals surface area contributed by atoms with Crippen LogP contribution < -0.4 is 0 Å². The molecule has 64 valence electrons. The Morgan fingerprint density at radius 2 is 2.18 bits per heavy atom. The van der Waals surface area contributed by atoms with E-state index in [0.717, 1.165) is 0 Å². The molecule has 0 fully saturated rings. The molecule has 0 aliphatic carbocycles. The standard InChI is InChI=1S/C6H7BrCl2O2/c1-4(7)3-11-5(10)6(2,8)9/h1,3H2,2H3. The molecule has 0 bridgehead atoms. The Hall–Kier alpha value is 0.270. The minimum atomic E-state index is -1.48. The van der Waals surface area contributed by atoms with Gasteiger partial charge in [-0.2, -0.15) is 0 Å². The van der Waals surface area contributed by atoms with Crippen LogP contribution in [0.15, 0.2) is 11.1 Å². The minimum Gasteiger partial charge on any atom is -0.458 e. The lowest BCUT2D eigenvalue weighted by molar-refractivity contribution is -0.142. The first-order valence-electron chi connectivity index (χ1n) is 2.72. The van der Waals surface area contributed by atoms with Gasteiger partial charge in [-0.3, -0.25) is 0 Å². The van der Waals surface area contributed by atoms with Crippen LogP contribution in [-0.2, 0) is 9.53 Å². The number of rotatable bonds is 3. The third-order valence-electron chi connectivity index (χ3n) is 0.718. The second-order valence-electron chi connectivity index (χ2n) is 1.98. The first-order valence-corrected chi connectivity index (χ1v) is 4.27. The van der Waals surface area contributed by atoms with E-state index in [-0.39, 0.29) is 6.61 Å². The molecule has 0 atom stereocenters. The van der Waals surface area contributed by atoms with E-state index in [0.29, 0.717) is 4.48 Å². The molecule has 11 heavy (non-hydrogen) atoms. The van der Waals surface area contributed by atoms with Crippen LogP contribution in [0.5, 0.6) is 0 Å². The Bertz CT molecular complexity index is 174. The predicted octanol–water partition coefficient (Wildman–Crippen LogP) is 2.63. The van der Waals surface area contributed by atoms with Gasteiger partial charge in [-0.25, -0.2) is 4.79 Å². The number of carbonyl (C=O) groups excluding carboxylic acids is 1. The van der Waals surface area contributed by atoms with Gasteiger partial charge in [0, 0.05) is 4.48 Å². The molecule has 0 aliphatic rings. The maximum atomic E-state index is 10.8. The Labute approximate surface area is 83.6 Å². The summed E-state index contributed by atoms with van der Waals surface area (Å²) < 4.78 is 3.69. The average molecular weight is 262 g/mol. The van der Waals surface area contributed by atoms with Crippen molar-refractivity contribution in [3.8, 4) is 0 Å². The predicted molar refractivity (Wildman–Crippen MR) is 49.1 cm³/mol. The van der Waals surface area contributed by atoms with E-state index in [1.807, 2.05) is 0 Å². The molecule has 0 spiro atoms. The molecule has 0 aromatic rings. The first-order chi connectivity index (χ1) is 4.84. The Kier molecular flexibility index (Phi) is 4.44. The quantitative estimate of drug-likeness (QED) is 0.577. The summed E-state index contributed by atoms with van der Waals surface area (Å²) in [4.78, 5) is 10.8. The first kappa shape index (κ1) is 11.3.